The second-order valence-electron chi connectivity index (χ2n) is 5.72. The predicted molar refractivity (Wildman–Crippen MR) is 93.4 cm³/mol. The first-order valence-electron chi connectivity index (χ1n) is 7.96. The highest BCUT2D eigenvalue weighted by atomic mass is 16.5. The normalized spacial score (nSPS) is 14.2. The Hall–Kier alpha value is -2.93. The topological polar surface area (TPSA) is 83.0 Å². The van der Waals surface area contributed by atoms with Crippen LogP contribution in [0.3, 0.4) is 0 Å². The average molecular weight is 341 g/mol. The third-order valence-corrected chi connectivity index (χ3v) is 4.12. The van der Waals surface area contributed by atoms with E-state index in [0.717, 1.165) is 18.9 Å². The van der Waals surface area contributed by atoms with Crippen molar-refractivity contribution in [3.63, 3.8) is 0 Å². The largest absolute Gasteiger partial charge is 0.478 e. The van der Waals surface area contributed by atoms with Gasteiger partial charge in [0, 0.05) is 25.7 Å². The summed E-state index contributed by atoms with van der Waals surface area (Å²) in [6, 6.07) is 9.69. The Morgan fingerprint density at radius 2 is 1.88 bits per heavy atom. The predicted octanol–water partition coefficient (Wildman–Crippen LogP) is 1.89. The van der Waals surface area contributed by atoms with Crippen LogP contribution >= 0.6 is 0 Å². The molecule has 7 nitrogen and oxygen atoms in total. The number of aromatic carboxylic acids is 1. The molecule has 2 heterocycles. The van der Waals surface area contributed by atoms with Gasteiger partial charge in [0.1, 0.15) is 5.82 Å². The van der Waals surface area contributed by atoms with Gasteiger partial charge in [0.15, 0.2) is 0 Å². The summed E-state index contributed by atoms with van der Waals surface area (Å²) in [6.45, 7) is 2.95. The third-order valence-electron chi connectivity index (χ3n) is 4.12. The molecule has 2 aromatic rings. The number of nitrogens with zero attached hydrogens (tertiary/aromatic N) is 3. The average Bonchev–Trinajstić information content (AvgIpc) is 2.67. The van der Waals surface area contributed by atoms with E-state index in [1.165, 1.54) is 17.0 Å². The van der Waals surface area contributed by atoms with Gasteiger partial charge in [-0.05, 0) is 30.3 Å². The lowest BCUT2D eigenvalue weighted by Gasteiger charge is -2.28. The number of pyridine rings is 1. The van der Waals surface area contributed by atoms with Crippen molar-refractivity contribution in [2.45, 2.75) is 0 Å². The quantitative estimate of drug-likeness (QED) is 0.914. The molecule has 0 bridgehead atoms. The van der Waals surface area contributed by atoms with Crippen LogP contribution in [-0.4, -0.2) is 55.3 Å². The van der Waals surface area contributed by atoms with Gasteiger partial charge in [0.2, 0.25) is 0 Å². The van der Waals surface area contributed by atoms with Crippen molar-refractivity contribution < 1.29 is 19.4 Å². The fourth-order valence-electron chi connectivity index (χ4n) is 2.65. The Bertz CT molecular complexity index is 770. The van der Waals surface area contributed by atoms with Gasteiger partial charge in [-0.2, -0.15) is 0 Å². The van der Waals surface area contributed by atoms with E-state index >= 15 is 0 Å². The van der Waals surface area contributed by atoms with Crippen molar-refractivity contribution in [2.75, 3.05) is 43.2 Å². The number of carboxylic acids is 1. The van der Waals surface area contributed by atoms with Gasteiger partial charge < -0.3 is 19.6 Å². The minimum Gasteiger partial charge on any atom is -0.478 e. The van der Waals surface area contributed by atoms with Gasteiger partial charge in [0.25, 0.3) is 5.91 Å². The maximum Gasteiger partial charge on any atom is 0.335 e. The summed E-state index contributed by atoms with van der Waals surface area (Å²) in [6.07, 6.45) is 1.64. The molecule has 1 aliphatic rings. The highest BCUT2D eigenvalue weighted by Gasteiger charge is 2.17. The van der Waals surface area contributed by atoms with Crippen molar-refractivity contribution in [1.29, 1.82) is 0 Å². The lowest BCUT2D eigenvalue weighted by molar-refractivity contribution is 0.0697. The summed E-state index contributed by atoms with van der Waals surface area (Å²) in [5, 5.41) is 9.05. The van der Waals surface area contributed by atoms with E-state index in [2.05, 4.69) is 9.88 Å². The molecule has 0 unspecified atom stereocenters. The zero-order valence-corrected chi connectivity index (χ0v) is 13.9. The van der Waals surface area contributed by atoms with Crippen LogP contribution in [0.2, 0.25) is 0 Å². The minimum absolute atomic E-state index is 0.0834. The van der Waals surface area contributed by atoms with E-state index in [1.54, 1.807) is 25.4 Å². The van der Waals surface area contributed by atoms with Gasteiger partial charge >= 0.3 is 5.97 Å². The fourth-order valence-corrected chi connectivity index (χ4v) is 2.65. The number of amides is 1. The van der Waals surface area contributed by atoms with Crippen LogP contribution < -0.4 is 9.80 Å². The number of benzene rings is 1. The minimum atomic E-state index is -1.06. The molecule has 0 atom stereocenters. The summed E-state index contributed by atoms with van der Waals surface area (Å²) < 4.78 is 5.33. The number of carbonyl (C=O) groups is 2. The van der Waals surface area contributed by atoms with Crippen LogP contribution in [0, 0.1) is 0 Å². The van der Waals surface area contributed by atoms with Crippen LogP contribution in [0.4, 0.5) is 11.5 Å². The summed E-state index contributed by atoms with van der Waals surface area (Å²) in [7, 11) is 1.64. The lowest BCUT2D eigenvalue weighted by Crippen LogP contribution is -2.36. The van der Waals surface area contributed by atoms with Gasteiger partial charge in [-0.1, -0.05) is 6.07 Å². The number of aromatic nitrogens is 1. The van der Waals surface area contributed by atoms with E-state index in [0.29, 0.717) is 24.5 Å². The molecule has 1 fully saturated rings. The van der Waals surface area contributed by atoms with Gasteiger partial charge in [0.05, 0.1) is 30.7 Å². The van der Waals surface area contributed by atoms with E-state index in [4.69, 9.17) is 9.84 Å². The molecule has 25 heavy (non-hydrogen) atoms. The number of ether oxygens (including phenoxy) is 1. The number of anilines is 2. The standard InChI is InChI=1S/C18H19N3O4/c1-20(17(22)13-3-2-4-14(11-13)18(23)24)15-5-6-16(19-12-15)21-7-9-25-10-8-21/h2-6,11-12H,7-10H2,1H3,(H,23,24). The van der Waals surface area contributed by atoms with Crippen molar-refractivity contribution in [2.24, 2.45) is 0 Å². The summed E-state index contributed by atoms with van der Waals surface area (Å²) in [5.41, 5.74) is 1.04. The van der Waals surface area contributed by atoms with Crippen LogP contribution in [-0.2, 0) is 4.74 Å². The van der Waals surface area contributed by atoms with E-state index in [-0.39, 0.29) is 11.5 Å². The summed E-state index contributed by atoms with van der Waals surface area (Å²) in [5.74, 6) is -0.501. The van der Waals surface area contributed by atoms with Crippen molar-refractivity contribution in [3.05, 3.63) is 53.7 Å². The zero-order chi connectivity index (χ0) is 17.8. The molecule has 1 aliphatic heterocycles. The van der Waals surface area contributed by atoms with E-state index in [9.17, 15) is 9.59 Å². The third kappa shape index (κ3) is 3.77. The van der Waals surface area contributed by atoms with E-state index in [1.807, 2.05) is 12.1 Å². The van der Waals surface area contributed by atoms with Crippen molar-refractivity contribution in [3.8, 4) is 0 Å². The highest BCUT2D eigenvalue weighted by Crippen LogP contribution is 2.19. The maximum absolute atomic E-state index is 12.6. The molecule has 1 aromatic carbocycles. The van der Waals surface area contributed by atoms with Crippen LogP contribution in [0.5, 0.6) is 0 Å². The number of hydrogen-bond acceptors (Lipinski definition) is 5. The van der Waals surface area contributed by atoms with Gasteiger partial charge in [-0.15, -0.1) is 0 Å². The van der Waals surface area contributed by atoms with Crippen molar-refractivity contribution in [1.82, 2.24) is 4.98 Å². The molecule has 0 saturated carbocycles. The molecule has 0 radical (unpaired) electrons. The van der Waals surface area contributed by atoms with E-state index < -0.39 is 5.97 Å². The molecule has 0 aliphatic carbocycles. The number of carboxylic acid groups (broad SMARTS) is 1. The first-order chi connectivity index (χ1) is 12.1. The number of morpholine rings is 1. The molecule has 1 N–H and O–H groups in total. The molecule has 1 amide bonds. The van der Waals surface area contributed by atoms with Gasteiger partial charge in [-0.25, -0.2) is 9.78 Å². The van der Waals surface area contributed by atoms with Crippen LogP contribution in [0.15, 0.2) is 42.6 Å². The Labute approximate surface area is 145 Å². The lowest BCUT2D eigenvalue weighted by atomic mass is 10.1. The monoisotopic (exact) mass is 341 g/mol. The first-order valence-corrected chi connectivity index (χ1v) is 7.96. The number of carbonyl (C=O) groups excluding carboxylic acids is 1. The summed E-state index contributed by atoms with van der Waals surface area (Å²) in [4.78, 5) is 31.7. The smallest absolute Gasteiger partial charge is 0.335 e. The number of hydrogen-bond donors (Lipinski definition) is 1. The summed E-state index contributed by atoms with van der Waals surface area (Å²) >= 11 is 0. The fraction of sp³-hybridized carbons (Fsp3) is 0.278. The molecule has 130 valence electrons. The Morgan fingerprint density at radius 1 is 1.16 bits per heavy atom. The Kier molecular flexibility index (Phi) is 4.95. The second kappa shape index (κ2) is 7.31. The SMILES string of the molecule is CN(C(=O)c1cccc(C(=O)O)c1)c1ccc(N2CCOCC2)nc1. The molecular formula is C18H19N3O4. The molecule has 0 spiro atoms. The zero-order valence-electron chi connectivity index (χ0n) is 13.9. The van der Waals surface area contributed by atoms with Gasteiger partial charge in [-0.3, -0.25) is 4.79 Å². The molecule has 7 heteroatoms. The molecule has 1 saturated heterocycles. The highest BCUT2D eigenvalue weighted by molar-refractivity contribution is 6.06. The maximum atomic E-state index is 12.6. The first kappa shape index (κ1) is 16.9. The Morgan fingerprint density at radius 3 is 2.52 bits per heavy atom. The molecular weight excluding hydrogens is 322 g/mol. The molecule has 3 rings (SSSR count). The van der Waals surface area contributed by atoms with Crippen molar-refractivity contribution >= 4 is 23.4 Å². The van der Waals surface area contributed by atoms with Crippen LogP contribution in [0.25, 0.3) is 0 Å². The van der Waals surface area contributed by atoms with Crippen LogP contribution in [0.1, 0.15) is 20.7 Å². The molecule has 1 aromatic heterocycles. The Balaban J connectivity index is 1.75. The second-order valence-corrected chi connectivity index (χ2v) is 5.72. The number of rotatable bonds is 4.